The number of imide groups is 1. The Morgan fingerprint density at radius 2 is 1.48 bits per heavy atom. The third kappa shape index (κ3) is 12.1. The molecular weight excluding hydrogens is 743 g/mol. The number of esters is 2. The monoisotopic (exact) mass is 795 g/mol. The number of likely N-dealkylation sites (tertiary alicyclic amines) is 1. The summed E-state index contributed by atoms with van der Waals surface area (Å²) in [5.74, 6) is -4.08. The van der Waals surface area contributed by atoms with Gasteiger partial charge in [0.1, 0.15) is 12.6 Å². The van der Waals surface area contributed by atoms with Crippen molar-refractivity contribution in [1.82, 2.24) is 5.32 Å². The van der Waals surface area contributed by atoms with E-state index in [9.17, 15) is 29.1 Å². The second kappa shape index (κ2) is 20.3. The molecule has 1 heterocycles. The molecule has 0 spiro atoms. The molecule has 3 aromatic rings. The number of alkyl carbamates (subject to hydrolysis) is 1. The van der Waals surface area contributed by atoms with E-state index < -0.39 is 72.3 Å². The Labute approximate surface area is 327 Å². The van der Waals surface area contributed by atoms with Gasteiger partial charge in [0.05, 0.1) is 17.5 Å². The number of carbonyl (C=O) groups excluding carboxylic acids is 4. The van der Waals surface area contributed by atoms with Crippen LogP contribution in [0.1, 0.15) is 81.3 Å². The highest BCUT2D eigenvalue weighted by molar-refractivity contribution is 7.54. The summed E-state index contributed by atoms with van der Waals surface area (Å²) in [6, 6.07) is 25.2. The smallest absolute Gasteiger partial charge is 0.445 e. The zero-order chi connectivity index (χ0) is 40.8. The van der Waals surface area contributed by atoms with Crippen LogP contribution in [0.3, 0.4) is 0 Å². The van der Waals surface area contributed by atoms with Gasteiger partial charge in [-0.2, -0.15) is 9.28 Å². The summed E-state index contributed by atoms with van der Waals surface area (Å²) in [6.07, 6.45) is -2.61. The quantitative estimate of drug-likeness (QED) is 0.0318. The van der Waals surface area contributed by atoms with E-state index in [2.05, 4.69) is 5.32 Å². The van der Waals surface area contributed by atoms with Gasteiger partial charge in [0.25, 0.3) is 0 Å². The first-order valence-corrected chi connectivity index (χ1v) is 20.3. The van der Waals surface area contributed by atoms with Crippen molar-refractivity contribution in [3.63, 3.8) is 0 Å². The van der Waals surface area contributed by atoms with Crippen LogP contribution >= 0.6 is 7.60 Å². The first-order valence-electron chi connectivity index (χ1n) is 18.7. The lowest BCUT2D eigenvalue weighted by atomic mass is 9.98. The largest absolute Gasteiger partial charge is 0.521 e. The molecule has 0 radical (unpaired) electrons. The van der Waals surface area contributed by atoms with E-state index in [1.165, 1.54) is 12.1 Å². The Morgan fingerprint density at radius 1 is 0.875 bits per heavy atom. The number of ether oxygens (including phenoxy) is 3. The molecule has 3 unspecified atom stereocenters. The van der Waals surface area contributed by atoms with Gasteiger partial charge < -0.3 is 24.6 Å². The van der Waals surface area contributed by atoms with Crippen LogP contribution in [-0.2, 0) is 50.4 Å². The fourth-order valence-electron chi connectivity index (χ4n) is 6.21. The molecule has 2 N–H and O–H groups in total. The number of benzene rings is 3. The highest BCUT2D eigenvalue weighted by atomic mass is 31.2. The summed E-state index contributed by atoms with van der Waals surface area (Å²) in [5, 5.41) is 13.1. The molecule has 0 aromatic heterocycles. The van der Waals surface area contributed by atoms with E-state index in [-0.39, 0.29) is 44.5 Å². The molecule has 1 saturated heterocycles. The van der Waals surface area contributed by atoms with Crippen molar-refractivity contribution in [3.05, 3.63) is 108 Å². The molecule has 1 aliphatic heterocycles. The van der Waals surface area contributed by atoms with E-state index in [0.29, 0.717) is 24.8 Å². The maximum absolute atomic E-state index is 15.3. The van der Waals surface area contributed by atoms with Gasteiger partial charge in [-0.05, 0) is 70.2 Å². The SMILES string of the molecule is C[C@@H]1CCC[N+]1(C(=O)O)C(=O)C(CCCCNC(=O)OCc1ccccc1)OP(=O)(OCOC(=O)C(C)(C)C)[C@@H](Cc1ccccc1)OC(=O)c1ccccc1. The van der Waals surface area contributed by atoms with E-state index >= 15 is 4.57 Å². The minimum Gasteiger partial charge on any atom is -0.445 e. The lowest BCUT2D eigenvalue weighted by Gasteiger charge is -2.35. The second-order valence-electron chi connectivity index (χ2n) is 14.7. The van der Waals surface area contributed by atoms with Crippen LogP contribution in [0.2, 0.25) is 0 Å². The zero-order valence-electron chi connectivity index (χ0n) is 32.3. The summed E-state index contributed by atoms with van der Waals surface area (Å²) >= 11 is 0. The van der Waals surface area contributed by atoms with Crippen molar-refractivity contribution in [3.8, 4) is 0 Å². The molecule has 4 rings (SSSR count). The summed E-state index contributed by atoms with van der Waals surface area (Å²) in [6.45, 7) is 5.82. The zero-order valence-corrected chi connectivity index (χ0v) is 33.2. The number of nitrogens with zero attached hydrogens (tertiary/aromatic N) is 1. The molecule has 1 fully saturated rings. The van der Waals surface area contributed by atoms with Gasteiger partial charge >= 0.3 is 37.6 Å². The molecular formula is C41H52N2O12P+. The van der Waals surface area contributed by atoms with Crippen molar-refractivity contribution in [2.24, 2.45) is 5.41 Å². The van der Waals surface area contributed by atoms with Gasteiger partial charge in [-0.1, -0.05) is 78.9 Å². The Hall–Kier alpha value is -4.88. The van der Waals surface area contributed by atoms with Gasteiger partial charge in [-0.3, -0.25) is 18.4 Å². The fourth-order valence-corrected chi connectivity index (χ4v) is 7.98. The Kier molecular flexibility index (Phi) is 15.9. The minimum absolute atomic E-state index is 0.0191. The Bertz CT molecular complexity index is 1820. The Morgan fingerprint density at radius 3 is 2.05 bits per heavy atom. The fraction of sp³-hybridized carbons (Fsp3) is 0.439. The standard InChI is InChI=1S/C41H51N2O12P/c1-30-17-16-26-43(30,40(48)49)36(44)34(24-14-15-25-42-39(47)51-28-32-20-10-6-11-21-32)55-56(50,53-29-52-38(46)41(2,3)4)35(27-31-18-8-5-9-19-31)54-37(45)33-22-12-7-13-23-33/h5-13,18-23,30,34-35H,14-17,24-29H2,1-4H3,(H-,42,47,48,49)/p+1/t30-,34?,35+,43?,56?/m1/s1. The van der Waals surface area contributed by atoms with Crippen LogP contribution in [0, 0.1) is 5.41 Å². The van der Waals surface area contributed by atoms with Crippen molar-refractivity contribution < 1.29 is 61.4 Å². The average molecular weight is 796 g/mol. The molecule has 14 nitrogen and oxygen atoms in total. The molecule has 15 heteroatoms. The van der Waals surface area contributed by atoms with E-state index in [1.54, 1.807) is 76.2 Å². The summed E-state index contributed by atoms with van der Waals surface area (Å²) in [4.78, 5) is 66.0. The highest BCUT2D eigenvalue weighted by Gasteiger charge is 2.57. The van der Waals surface area contributed by atoms with Gasteiger partial charge in [0.2, 0.25) is 12.6 Å². The van der Waals surface area contributed by atoms with Gasteiger partial charge in [0, 0.05) is 25.8 Å². The number of quaternary nitrogens is 1. The molecule has 302 valence electrons. The minimum atomic E-state index is -4.85. The number of amides is 3. The number of unbranched alkanes of at least 4 members (excludes halogenated alkanes) is 1. The lowest BCUT2D eigenvalue weighted by molar-refractivity contribution is -0.794. The first kappa shape index (κ1) is 43.8. The molecule has 3 amide bonds. The number of hydrogen-bond acceptors (Lipinski definition) is 11. The van der Waals surface area contributed by atoms with Crippen molar-refractivity contribution in [2.75, 3.05) is 19.9 Å². The van der Waals surface area contributed by atoms with Crippen LogP contribution in [0.15, 0.2) is 91.0 Å². The molecule has 1 aliphatic rings. The van der Waals surface area contributed by atoms with E-state index in [1.807, 2.05) is 30.3 Å². The predicted molar refractivity (Wildman–Crippen MR) is 205 cm³/mol. The van der Waals surface area contributed by atoms with Crippen LogP contribution in [-0.4, -0.2) is 77.5 Å². The van der Waals surface area contributed by atoms with Gasteiger partial charge in [-0.15, -0.1) is 0 Å². The maximum atomic E-state index is 15.3. The number of hydrogen-bond donors (Lipinski definition) is 2. The van der Waals surface area contributed by atoms with Crippen LogP contribution in [0.4, 0.5) is 9.59 Å². The number of carboxylic acid groups (broad SMARTS) is 1. The lowest BCUT2D eigenvalue weighted by Crippen LogP contribution is -2.62. The van der Waals surface area contributed by atoms with Crippen LogP contribution < -0.4 is 5.32 Å². The third-order valence-corrected chi connectivity index (χ3v) is 11.4. The van der Waals surface area contributed by atoms with Gasteiger partial charge in [0.15, 0.2) is 6.10 Å². The topological polar surface area (TPSA) is 181 Å². The summed E-state index contributed by atoms with van der Waals surface area (Å²) in [7, 11) is -4.85. The molecule has 0 bridgehead atoms. The second-order valence-corrected chi connectivity index (χ2v) is 16.8. The van der Waals surface area contributed by atoms with Crippen molar-refractivity contribution in [1.29, 1.82) is 0 Å². The molecule has 5 atom stereocenters. The Balaban J connectivity index is 1.64. The highest BCUT2D eigenvalue weighted by Crippen LogP contribution is 2.57. The maximum Gasteiger partial charge on any atom is 0.521 e. The van der Waals surface area contributed by atoms with Crippen molar-refractivity contribution in [2.45, 2.75) is 90.8 Å². The predicted octanol–water partition coefficient (Wildman–Crippen LogP) is 7.85. The molecule has 56 heavy (non-hydrogen) atoms. The normalized spacial score (nSPS) is 18.8. The molecule has 0 saturated carbocycles. The molecule has 0 aliphatic carbocycles. The number of carbonyl (C=O) groups is 5. The van der Waals surface area contributed by atoms with E-state index in [0.717, 1.165) is 5.56 Å². The number of nitrogens with one attached hydrogen (secondary N) is 1. The van der Waals surface area contributed by atoms with Crippen LogP contribution in [0.5, 0.6) is 0 Å². The number of rotatable bonds is 18. The third-order valence-electron chi connectivity index (χ3n) is 9.44. The summed E-state index contributed by atoms with van der Waals surface area (Å²) in [5.41, 5.74) is 0.572. The first-order chi connectivity index (χ1) is 26.7. The van der Waals surface area contributed by atoms with Gasteiger partial charge in [-0.25, -0.2) is 14.4 Å². The van der Waals surface area contributed by atoms with Crippen LogP contribution in [0.25, 0.3) is 0 Å². The van der Waals surface area contributed by atoms with Crippen molar-refractivity contribution >= 4 is 37.6 Å². The van der Waals surface area contributed by atoms with E-state index in [4.69, 9.17) is 23.3 Å². The molecule has 3 aromatic carbocycles. The average Bonchev–Trinajstić information content (AvgIpc) is 3.58. The summed E-state index contributed by atoms with van der Waals surface area (Å²) < 4.78 is 42.7.